The number of fused-ring (bicyclic) bond motifs is 4. The molecule has 2 heterocycles. The van der Waals surface area contributed by atoms with E-state index in [1.54, 1.807) is 11.3 Å². The number of halogens is 2. The zero-order valence-electron chi connectivity index (χ0n) is 18.5. The van der Waals surface area contributed by atoms with Gasteiger partial charge in [0.2, 0.25) is 0 Å². The summed E-state index contributed by atoms with van der Waals surface area (Å²) >= 11 is 15.7. The highest BCUT2D eigenvalue weighted by molar-refractivity contribution is 8.14. The Morgan fingerprint density at radius 1 is 1.09 bits per heavy atom. The summed E-state index contributed by atoms with van der Waals surface area (Å²) in [5.41, 5.74) is 6.07. The van der Waals surface area contributed by atoms with E-state index in [4.69, 9.17) is 28.2 Å². The lowest BCUT2D eigenvalue weighted by Gasteiger charge is -2.21. The minimum atomic E-state index is 0.430. The number of anilines is 1. The van der Waals surface area contributed by atoms with Crippen molar-refractivity contribution in [1.29, 1.82) is 0 Å². The fourth-order valence-electron chi connectivity index (χ4n) is 4.70. The lowest BCUT2D eigenvalue weighted by Crippen LogP contribution is -2.23. The maximum Gasteiger partial charge on any atom is 0.183 e. The minimum absolute atomic E-state index is 0.430. The quantitative estimate of drug-likeness (QED) is 0.292. The topological polar surface area (TPSA) is 40.5 Å². The fraction of sp³-hybridized carbons (Fsp3) is 0.231. The van der Waals surface area contributed by atoms with Gasteiger partial charge >= 0.3 is 0 Å². The van der Waals surface area contributed by atoms with E-state index in [-0.39, 0.29) is 0 Å². The second-order valence-corrected chi connectivity index (χ2v) is 11.7. The van der Waals surface area contributed by atoms with Crippen LogP contribution in [-0.4, -0.2) is 33.9 Å². The van der Waals surface area contributed by atoms with Crippen molar-refractivity contribution in [3.05, 3.63) is 87.4 Å². The van der Waals surface area contributed by atoms with Gasteiger partial charge in [0.15, 0.2) is 10.3 Å². The van der Waals surface area contributed by atoms with Gasteiger partial charge in [0.25, 0.3) is 0 Å². The highest BCUT2D eigenvalue weighted by Crippen LogP contribution is 2.48. The van der Waals surface area contributed by atoms with Crippen molar-refractivity contribution < 1.29 is 0 Å². The first-order chi connectivity index (χ1) is 16.5. The second-order valence-electron chi connectivity index (χ2n) is 8.61. The zero-order chi connectivity index (χ0) is 23.2. The number of rotatable bonds is 5. The lowest BCUT2D eigenvalue weighted by molar-refractivity contribution is 0.402. The first-order valence-electron chi connectivity index (χ1n) is 11.2. The Morgan fingerprint density at radius 2 is 1.88 bits per heavy atom. The van der Waals surface area contributed by atoms with Crippen molar-refractivity contribution in [3.8, 4) is 0 Å². The van der Waals surface area contributed by atoms with E-state index in [9.17, 15) is 0 Å². The first-order valence-corrected chi connectivity index (χ1v) is 13.6. The SMILES string of the molecule is CN1C(=Nc2ccc(CCNc3nc4cc(Cl)c(Cl)cc4s3)cc2)SC2Cc3ccccc3[C@@H]21. The summed E-state index contributed by atoms with van der Waals surface area (Å²) in [7, 11) is 2.17. The Bertz CT molecular complexity index is 1360. The summed E-state index contributed by atoms with van der Waals surface area (Å²) in [4.78, 5) is 11.9. The summed E-state index contributed by atoms with van der Waals surface area (Å²) in [5.74, 6) is 0. The molecule has 0 radical (unpaired) electrons. The third-order valence-corrected chi connectivity index (χ3v) is 9.42. The zero-order valence-corrected chi connectivity index (χ0v) is 21.6. The van der Waals surface area contributed by atoms with Crippen molar-refractivity contribution in [2.75, 3.05) is 18.9 Å². The maximum absolute atomic E-state index is 6.11. The van der Waals surface area contributed by atoms with Crippen LogP contribution in [0.3, 0.4) is 0 Å². The fourth-order valence-corrected chi connectivity index (χ4v) is 7.43. The monoisotopic (exact) mass is 524 g/mol. The van der Waals surface area contributed by atoms with Crippen LogP contribution in [0.5, 0.6) is 0 Å². The molecule has 1 aliphatic carbocycles. The second kappa shape index (κ2) is 9.08. The standard InChI is InChI=1S/C26H22Cl2N4S2/c1-32-24-18-5-3-2-4-16(18)12-23(24)34-26(32)30-17-8-6-15(7-9-17)10-11-29-25-31-21-13-19(27)20(28)14-22(21)33-25/h2-9,13-14,23-24H,10-12H2,1H3,(H,29,31)/t23?,24-/m0/s1. The van der Waals surface area contributed by atoms with Gasteiger partial charge in [-0.05, 0) is 53.8 Å². The third kappa shape index (κ3) is 4.17. The van der Waals surface area contributed by atoms with Crippen molar-refractivity contribution in [1.82, 2.24) is 9.88 Å². The lowest BCUT2D eigenvalue weighted by atomic mass is 10.1. The van der Waals surface area contributed by atoms with Gasteiger partial charge in [-0.15, -0.1) is 0 Å². The Hall–Kier alpha value is -2.25. The molecular weight excluding hydrogens is 503 g/mol. The molecule has 1 unspecified atom stereocenters. The molecule has 1 aromatic heterocycles. The van der Waals surface area contributed by atoms with E-state index in [0.717, 1.165) is 45.6 Å². The number of hydrogen-bond donors (Lipinski definition) is 1. The number of benzene rings is 3. The summed E-state index contributed by atoms with van der Waals surface area (Å²) in [6.45, 7) is 0.802. The van der Waals surface area contributed by atoms with Crippen molar-refractivity contribution in [2.45, 2.75) is 24.1 Å². The third-order valence-electron chi connectivity index (χ3n) is 6.40. The summed E-state index contributed by atoms with van der Waals surface area (Å²) in [6.07, 6.45) is 2.03. The molecule has 1 fully saturated rings. The molecule has 0 amide bonds. The number of hydrogen-bond acceptors (Lipinski definition) is 5. The van der Waals surface area contributed by atoms with Gasteiger partial charge in [-0.3, -0.25) is 0 Å². The predicted octanol–water partition coefficient (Wildman–Crippen LogP) is 7.59. The smallest absolute Gasteiger partial charge is 0.183 e. The Labute approximate surface area is 217 Å². The molecule has 2 aliphatic rings. The molecule has 1 saturated heterocycles. The van der Waals surface area contributed by atoms with Crippen LogP contribution >= 0.6 is 46.3 Å². The number of thioether (sulfide) groups is 1. The van der Waals surface area contributed by atoms with Gasteiger partial charge in [-0.1, -0.05) is 82.7 Å². The average Bonchev–Trinajstić information content (AvgIpc) is 3.48. The molecule has 0 saturated carbocycles. The van der Waals surface area contributed by atoms with Gasteiger partial charge in [-0.25, -0.2) is 9.98 Å². The Kier molecular flexibility index (Phi) is 5.94. The molecule has 0 bridgehead atoms. The highest BCUT2D eigenvalue weighted by Gasteiger charge is 2.43. The number of aromatic nitrogens is 1. The molecule has 0 spiro atoms. The first kappa shape index (κ1) is 22.2. The van der Waals surface area contributed by atoms with Crippen molar-refractivity contribution in [3.63, 3.8) is 0 Å². The van der Waals surface area contributed by atoms with E-state index < -0.39 is 0 Å². The van der Waals surface area contributed by atoms with Crippen LogP contribution in [0.1, 0.15) is 22.7 Å². The average molecular weight is 526 g/mol. The highest BCUT2D eigenvalue weighted by atomic mass is 35.5. The Balaban J connectivity index is 1.08. The van der Waals surface area contributed by atoms with Crippen LogP contribution in [-0.2, 0) is 12.8 Å². The van der Waals surface area contributed by atoms with Crippen LogP contribution in [0, 0.1) is 0 Å². The molecule has 172 valence electrons. The van der Waals surface area contributed by atoms with Crippen LogP contribution in [0.15, 0.2) is 65.7 Å². The number of nitrogens with zero attached hydrogens (tertiary/aromatic N) is 3. The van der Waals surface area contributed by atoms with Gasteiger partial charge in [0.05, 0.1) is 32.0 Å². The van der Waals surface area contributed by atoms with Crippen molar-refractivity contribution in [2.24, 2.45) is 4.99 Å². The van der Waals surface area contributed by atoms with E-state index >= 15 is 0 Å². The van der Waals surface area contributed by atoms with Crippen LogP contribution in [0.2, 0.25) is 10.0 Å². The number of aliphatic imine (C=N–C) groups is 1. The van der Waals surface area contributed by atoms with Crippen LogP contribution < -0.4 is 5.32 Å². The maximum atomic E-state index is 6.11. The van der Waals surface area contributed by atoms with Gasteiger partial charge in [0, 0.05) is 18.8 Å². The summed E-state index contributed by atoms with van der Waals surface area (Å²) in [6, 6.07) is 21.5. The number of amidine groups is 1. The number of nitrogens with one attached hydrogen (secondary N) is 1. The van der Waals surface area contributed by atoms with Gasteiger partial charge in [0.1, 0.15) is 0 Å². The van der Waals surface area contributed by atoms with Gasteiger partial charge in [-0.2, -0.15) is 0 Å². The molecule has 1 N–H and O–H groups in total. The van der Waals surface area contributed by atoms with Crippen LogP contribution in [0.25, 0.3) is 10.2 Å². The molecule has 4 aromatic rings. The molecule has 1 aliphatic heterocycles. The summed E-state index contributed by atoms with van der Waals surface area (Å²) in [5, 5.41) is 7.05. The molecule has 34 heavy (non-hydrogen) atoms. The Morgan fingerprint density at radius 3 is 2.74 bits per heavy atom. The molecular formula is C26H22Cl2N4S2. The predicted molar refractivity (Wildman–Crippen MR) is 147 cm³/mol. The molecule has 3 aromatic carbocycles. The van der Waals surface area contributed by atoms with E-state index in [0.29, 0.717) is 21.3 Å². The minimum Gasteiger partial charge on any atom is -0.361 e. The molecule has 6 rings (SSSR count). The normalized spacial score (nSPS) is 20.2. The van der Waals surface area contributed by atoms with Crippen LogP contribution in [0.4, 0.5) is 10.8 Å². The van der Waals surface area contributed by atoms with Gasteiger partial charge < -0.3 is 10.2 Å². The summed E-state index contributed by atoms with van der Waals surface area (Å²) < 4.78 is 1.03. The molecule has 2 atom stereocenters. The van der Waals surface area contributed by atoms with E-state index in [1.165, 1.54) is 16.7 Å². The molecule has 8 heteroatoms. The molecule has 4 nitrogen and oxygen atoms in total. The number of thiazole rings is 1. The van der Waals surface area contributed by atoms with E-state index in [2.05, 4.69) is 70.8 Å². The largest absolute Gasteiger partial charge is 0.361 e. The van der Waals surface area contributed by atoms with Crippen molar-refractivity contribution >= 4 is 72.5 Å². The van der Waals surface area contributed by atoms with E-state index in [1.807, 2.05) is 23.9 Å².